The van der Waals surface area contributed by atoms with Crippen LogP contribution in [0.1, 0.15) is 22.8 Å². The molecule has 3 heteroatoms. The Morgan fingerprint density at radius 2 is 1.87 bits per heavy atom. The van der Waals surface area contributed by atoms with Gasteiger partial charge in [0.25, 0.3) is 0 Å². The Kier molecular flexibility index (Phi) is 3.80. The van der Waals surface area contributed by atoms with Crippen molar-refractivity contribution >= 4 is 11.7 Å². The van der Waals surface area contributed by atoms with E-state index in [1.807, 2.05) is 19.1 Å². The van der Waals surface area contributed by atoms with E-state index < -0.39 is 0 Å². The van der Waals surface area contributed by atoms with Gasteiger partial charge in [-0.2, -0.15) is 0 Å². The number of benzene rings is 1. The molecule has 0 atom stereocenters. The van der Waals surface area contributed by atoms with Gasteiger partial charge in [-0.3, -0.25) is 4.99 Å². The van der Waals surface area contributed by atoms with Crippen molar-refractivity contribution in [1.29, 1.82) is 0 Å². The van der Waals surface area contributed by atoms with Gasteiger partial charge in [0.15, 0.2) is 0 Å². The van der Waals surface area contributed by atoms with E-state index in [-0.39, 0.29) is 5.97 Å². The molecular weight excluding hydrogens is 190 g/mol. The van der Waals surface area contributed by atoms with Crippen LogP contribution in [0.5, 0.6) is 0 Å². The number of nitrogens with zero attached hydrogens (tertiary/aromatic N) is 1. The van der Waals surface area contributed by atoms with Crippen LogP contribution in [0.4, 0.5) is 0 Å². The molecule has 0 fully saturated rings. The van der Waals surface area contributed by atoms with Gasteiger partial charge in [0.1, 0.15) is 0 Å². The topological polar surface area (TPSA) is 38.7 Å². The maximum atomic E-state index is 11.2. The van der Waals surface area contributed by atoms with E-state index in [2.05, 4.69) is 16.3 Å². The molecule has 0 aliphatic heterocycles. The number of ether oxygens (including phenoxy) is 1. The summed E-state index contributed by atoms with van der Waals surface area (Å²) in [5, 5.41) is 0. The van der Waals surface area contributed by atoms with Gasteiger partial charge in [0.05, 0.1) is 12.7 Å². The lowest BCUT2D eigenvalue weighted by atomic mass is 10.1. The molecule has 0 amide bonds. The molecule has 0 aliphatic carbocycles. The summed E-state index contributed by atoms with van der Waals surface area (Å²) >= 11 is 0. The Morgan fingerprint density at radius 1 is 1.33 bits per heavy atom. The summed E-state index contributed by atoms with van der Waals surface area (Å²) in [6.45, 7) is 5.41. The van der Waals surface area contributed by atoms with E-state index >= 15 is 0 Å². The number of esters is 1. The fraction of sp³-hybridized carbons (Fsp3) is 0.167. The van der Waals surface area contributed by atoms with Crippen LogP contribution in [0.3, 0.4) is 0 Å². The van der Waals surface area contributed by atoms with Crippen molar-refractivity contribution in [3.63, 3.8) is 0 Å². The zero-order valence-corrected chi connectivity index (χ0v) is 8.86. The average molecular weight is 203 g/mol. The van der Waals surface area contributed by atoms with Gasteiger partial charge in [-0.15, -0.1) is 0 Å². The summed E-state index contributed by atoms with van der Waals surface area (Å²) in [6, 6.07) is 7.08. The van der Waals surface area contributed by atoms with Crippen LogP contribution in [0, 0.1) is 0 Å². The first-order valence-corrected chi connectivity index (χ1v) is 4.53. The van der Waals surface area contributed by atoms with Crippen LogP contribution in [0.15, 0.2) is 42.0 Å². The fourth-order valence-electron chi connectivity index (χ4n) is 1.18. The van der Waals surface area contributed by atoms with E-state index in [1.165, 1.54) is 13.3 Å². The van der Waals surface area contributed by atoms with Crippen molar-refractivity contribution < 1.29 is 9.53 Å². The average Bonchev–Trinajstić information content (AvgIpc) is 2.28. The second kappa shape index (κ2) is 5.10. The molecule has 0 unspecified atom stereocenters. The van der Waals surface area contributed by atoms with Crippen molar-refractivity contribution in [2.24, 2.45) is 4.99 Å². The molecular formula is C12H13NO2. The van der Waals surface area contributed by atoms with Gasteiger partial charge in [-0.05, 0) is 24.6 Å². The lowest BCUT2D eigenvalue weighted by molar-refractivity contribution is 0.0601. The third-order valence-corrected chi connectivity index (χ3v) is 2.01. The van der Waals surface area contributed by atoms with Crippen LogP contribution in [-0.2, 0) is 4.74 Å². The van der Waals surface area contributed by atoms with Crippen molar-refractivity contribution in [2.45, 2.75) is 6.92 Å². The van der Waals surface area contributed by atoms with Gasteiger partial charge >= 0.3 is 5.97 Å². The van der Waals surface area contributed by atoms with E-state index in [4.69, 9.17) is 0 Å². The SMILES string of the molecule is C=CN=C(C)c1ccc(C(=O)OC)cc1. The van der Waals surface area contributed by atoms with Gasteiger partial charge < -0.3 is 4.74 Å². The van der Waals surface area contributed by atoms with Gasteiger partial charge in [0, 0.05) is 11.9 Å². The maximum Gasteiger partial charge on any atom is 0.337 e. The standard InChI is InChI=1S/C12H13NO2/c1-4-13-9(2)10-5-7-11(8-6-10)12(14)15-3/h4-8H,1H2,2-3H3. The normalized spacial score (nSPS) is 10.9. The van der Waals surface area contributed by atoms with E-state index in [0.29, 0.717) is 5.56 Å². The summed E-state index contributed by atoms with van der Waals surface area (Å²) in [4.78, 5) is 15.2. The summed E-state index contributed by atoms with van der Waals surface area (Å²) in [5.74, 6) is -0.333. The highest BCUT2D eigenvalue weighted by molar-refractivity contribution is 6.00. The molecule has 0 radical (unpaired) electrons. The molecule has 15 heavy (non-hydrogen) atoms. The molecule has 0 N–H and O–H groups in total. The maximum absolute atomic E-state index is 11.2. The number of hydrogen-bond acceptors (Lipinski definition) is 3. The highest BCUT2D eigenvalue weighted by Crippen LogP contribution is 2.07. The number of methoxy groups -OCH3 is 1. The fourth-order valence-corrected chi connectivity index (χ4v) is 1.18. The quantitative estimate of drug-likeness (QED) is 0.559. The zero-order valence-electron chi connectivity index (χ0n) is 8.86. The first kappa shape index (κ1) is 11.2. The molecule has 0 aliphatic rings. The summed E-state index contributed by atoms with van der Waals surface area (Å²) in [5.41, 5.74) is 2.36. The van der Waals surface area contributed by atoms with E-state index in [0.717, 1.165) is 11.3 Å². The Balaban J connectivity index is 2.94. The molecule has 0 heterocycles. The number of carbonyl (C=O) groups excluding carboxylic acids is 1. The lowest BCUT2D eigenvalue weighted by Gasteiger charge is -2.01. The predicted octanol–water partition coefficient (Wildman–Crippen LogP) is 2.43. The molecule has 0 saturated heterocycles. The largest absolute Gasteiger partial charge is 0.465 e. The van der Waals surface area contributed by atoms with Crippen LogP contribution in [0.25, 0.3) is 0 Å². The molecule has 0 aromatic heterocycles. The number of carbonyl (C=O) groups is 1. The highest BCUT2D eigenvalue weighted by Gasteiger charge is 2.04. The van der Waals surface area contributed by atoms with Crippen molar-refractivity contribution in [2.75, 3.05) is 7.11 Å². The molecule has 0 spiro atoms. The first-order valence-electron chi connectivity index (χ1n) is 4.53. The minimum absolute atomic E-state index is 0.333. The third-order valence-electron chi connectivity index (χ3n) is 2.01. The molecule has 0 bridgehead atoms. The van der Waals surface area contributed by atoms with Crippen molar-refractivity contribution in [3.8, 4) is 0 Å². The van der Waals surface area contributed by atoms with E-state index in [9.17, 15) is 4.79 Å². The van der Waals surface area contributed by atoms with Crippen LogP contribution >= 0.6 is 0 Å². The molecule has 1 aromatic carbocycles. The number of hydrogen-bond donors (Lipinski definition) is 0. The molecule has 1 aromatic rings. The third kappa shape index (κ3) is 2.77. The number of rotatable bonds is 3. The van der Waals surface area contributed by atoms with Crippen LogP contribution in [-0.4, -0.2) is 18.8 Å². The minimum atomic E-state index is -0.333. The van der Waals surface area contributed by atoms with Gasteiger partial charge in [0.2, 0.25) is 0 Å². The highest BCUT2D eigenvalue weighted by atomic mass is 16.5. The van der Waals surface area contributed by atoms with Crippen molar-refractivity contribution in [3.05, 3.63) is 48.2 Å². The summed E-state index contributed by atoms with van der Waals surface area (Å²) < 4.78 is 4.60. The molecule has 3 nitrogen and oxygen atoms in total. The monoisotopic (exact) mass is 203 g/mol. The Bertz CT molecular complexity index is 391. The van der Waals surface area contributed by atoms with Gasteiger partial charge in [-0.25, -0.2) is 4.79 Å². The van der Waals surface area contributed by atoms with E-state index in [1.54, 1.807) is 12.1 Å². The van der Waals surface area contributed by atoms with Crippen LogP contribution < -0.4 is 0 Å². The second-order valence-electron chi connectivity index (χ2n) is 2.97. The van der Waals surface area contributed by atoms with Crippen LogP contribution in [0.2, 0.25) is 0 Å². The Labute approximate surface area is 89.1 Å². The Hall–Kier alpha value is -1.90. The lowest BCUT2D eigenvalue weighted by Crippen LogP contribution is -2.02. The first-order chi connectivity index (χ1) is 7.19. The number of aliphatic imine (C=N–C) groups is 1. The zero-order chi connectivity index (χ0) is 11.3. The Morgan fingerprint density at radius 3 is 2.33 bits per heavy atom. The smallest absolute Gasteiger partial charge is 0.337 e. The second-order valence-corrected chi connectivity index (χ2v) is 2.97. The molecule has 0 saturated carbocycles. The van der Waals surface area contributed by atoms with Crippen molar-refractivity contribution in [1.82, 2.24) is 0 Å². The predicted molar refractivity (Wildman–Crippen MR) is 60.2 cm³/mol. The summed E-state index contributed by atoms with van der Waals surface area (Å²) in [6.07, 6.45) is 1.49. The minimum Gasteiger partial charge on any atom is -0.465 e. The molecule has 78 valence electrons. The van der Waals surface area contributed by atoms with Gasteiger partial charge in [-0.1, -0.05) is 18.7 Å². The molecule has 1 rings (SSSR count). The summed E-state index contributed by atoms with van der Waals surface area (Å²) in [7, 11) is 1.36.